The Kier molecular flexibility index (Phi) is 6.80. The summed E-state index contributed by atoms with van der Waals surface area (Å²) in [6.07, 6.45) is -4.54. The summed E-state index contributed by atoms with van der Waals surface area (Å²) in [6.45, 7) is 9.01. The number of alkyl halides is 3. The van der Waals surface area contributed by atoms with Crippen molar-refractivity contribution >= 4 is 26.6 Å². The molecule has 0 saturated heterocycles. The fraction of sp³-hybridized carbons (Fsp3) is 0.348. The summed E-state index contributed by atoms with van der Waals surface area (Å²) >= 11 is 0. The Morgan fingerprint density at radius 3 is 2.12 bits per heavy atom. The van der Waals surface area contributed by atoms with Gasteiger partial charge in [-0.15, -0.1) is 0 Å². The standard InChI is InChI=1S/C23H26F3N3O2S/c1-15(2)29(16(3)4)14-19-11-8-17-6-5-7-21(22(17)27-19)28-32(30,31)20-12-9-18(10-13-20)23(24,25)26/h5-13,15-16,28H,14H2,1-4H3. The molecule has 3 aromatic rings. The molecule has 1 aromatic heterocycles. The first-order chi connectivity index (χ1) is 14.9. The van der Waals surface area contributed by atoms with Gasteiger partial charge in [-0.05, 0) is 64.1 Å². The van der Waals surface area contributed by atoms with Gasteiger partial charge in [-0.2, -0.15) is 13.2 Å². The lowest BCUT2D eigenvalue weighted by molar-refractivity contribution is -0.137. The van der Waals surface area contributed by atoms with Gasteiger partial charge in [-0.25, -0.2) is 13.4 Å². The summed E-state index contributed by atoms with van der Waals surface area (Å²) in [5.41, 5.74) is 0.631. The van der Waals surface area contributed by atoms with Crippen molar-refractivity contribution in [1.29, 1.82) is 0 Å². The third kappa shape index (κ3) is 5.39. The molecule has 0 fully saturated rings. The number of hydrogen-bond acceptors (Lipinski definition) is 4. The van der Waals surface area contributed by atoms with Crippen molar-refractivity contribution in [1.82, 2.24) is 9.88 Å². The molecule has 1 N–H and O–H groups in total. The molecule has 9 heteroatoms. The molecule has 0 aliphatic heterocycles. The van der Waals surface area contributed by atoms with E-state index < -0.39 is 21.8 Å². The van der Waals surface area contributed by atoms with Crippen LogP contribution in [0.2, 0.25) is 0 Å². The predicted octanol–water partition coefficient (Wildman–Crippen LogP) is 5.67. The number of rotatable bonds is 7. The summed E-state index contributed by atoms with van der Waals surface area (Å²) in [4.78, 5) is 6.69. The Hall–Kier alpha value is -2.65. The van der Waals surface area contributed by atoms with Crippen LogP contribution in [0.25, 0.3) is 10.9 Å². The van der Waals surface area contributed by atoms with Gasteiger partial charge in [0.25, 0.3) is 10.0 Å². The van der Waals surface area contributed by atoms with Crippen molar-refractivity contribution in [3.05, 3.63) is 65.9 Å². The number of nitrogens with zero attached hydrogens (tertiary/aromatic N) is 2. The zero-order valence-corrected chi connectivity index (χ0v) is 19.1. The molecule has 172 valence electrons. The molecule has 32 heavy (non-hydrogen) atoms. The van der Waals surface area contributed by atoms with Crippen molar-refractivity contribution in [3.8, 4) is 0 Å². The van der Waals surface area contributed by atoms with E-state index in [2.05, 4.69) is 42.3 Å². The Labute approximate surface area is 186 Å². The fourth-order valence-electron chi connectivity index (χ4n) is 3.53. The first-order valence-electron chi connectivity index (χ1n) is 10.2. The highest BCUT2D eigenvalue weighted by molar-refractivity contribution is 7.92. The number of halogens is 3. The Morgan fingerprint density at radius 1 is 0.938 bits per heavy atom. The molecular weight excluding hydrogens is 439 g/mol. The van der Waals surface area contributed by atoms with Crippen LogP contribution < -0.4 is 4.72 Å². The van der Waals surface area contributed by atoms with Crippen molar-refractivity contribution in [3.63, 3.8) is 0 Å². The Morgan fingerprint density at radius 2 is 1.56 bits per heavy atom. The highest BCUT2D eigenvalue weighted by atomic mass is 32.2. The normalized spacial score (nSPS) is 12.8. The molecular formula is C23H26F3N3O2S. The number of benzene rings is 2. The summed E-state index contributed by atoms with van der Waals surface area (Å²) < 4.78 is 66.5. The average Bonchev–Trinajstić information content (AvgIpc) is 2.71. The van der Waals surface area contributed by atoms with Gasteiger partial charge in [0.15, 0.2) is 0 Å². The zero-order chi connectivity index (χ0) is 23.7. The number of aromatic nitrogens is 1. The number of hydrogen-bond donors (Lipinski definition) is 1. The molecule has 2 aromatic carbocycles. The molecule has 0 saturated carbocycles. The third-order valence-electron chi connectivity index (χ3n) is 5.19. The molecule has 1 heterocycles. The SMILES string of the molecule is CC(C)N(Cc1ccc2cccc(NS(=O)(=O)c3ccc(C(F)(F)F)cc3)c2n1)C(C)C. The second kappa shape index (κ2) is 9.07. The van der Waals surface area contributed by atoms with E-state index in [4.69, 9.17) is 0 Å². The van der Waals surface area contributed by atoms with Crippen LogP contribution in [0.5, 0.6) is 0 Å². The molecule has 0 bridgehead atoms. The number of sulfonamides is 1. The maximum atomic E-state index is 12.8. The summed E-state index contributed by atoms with van der Waals surface area (Å²) in [6, 6.07) is 12.9. The fourth-order valence-corrected chi connectivity index (χ4v) is 4.60. The minimum Gasteiger partial charge on any atom is -0.293 e. The minimum atomic E-state index is -4.54. The van der Waals surface area contributed by atoms with Gasteiger partial charge in [-0.1, -0.05) is 18.2 Å². The van der Waals surface area contributed by atoms with Crippen LogP contribution in [0.1, 0.15) is 39.0 Å². The number of anilines is 1. The zero-order valence-electron chi connectivity index (χ0n) is 18.3. The lowest BCUT2D eigenvalue weighted by atomic mass is 10.1. The highest BCUT2D eigenvalue weighted by Gasteiger charge is 2.30. The molecule has 5 nitrogen and oxygen atoms in total. The molecule has 0 unspecified atom stereocenters. The van der Waals surface area contributed by atoms with Crippen molar-refractivity contribution < 1.29 is 21.6 Å². The predicted molar refractivity (Wildman–Crippen MR) is 120 cm³/mol. The largest absolute Gasteiger partial charge is 0.416 e. The monoisotopic (exact) mass is 465 g/mol. The van der Waals surface area contributed by atoms with Crippen LogP contribution in [0, 0.1) is 0 Å². The molecule has 0 atom stereocenters. The van der Waals surface area contributed by atoms with Gasteiger partial charge >= 0.3 is 6.18 Å². The van der Waals surface area contributed by atoms with E-state index in [9.17, 15) is 21.6 Å². The first-order valence-corrected chi connectivity index (χ1v) is 11.7. The Balaban J connectivity index is 1.94. The summed E-state index contributed by atoms with van der Waals surface area (Å²) in [5.74, 6) is 0. The van der Waals surface area contributed by atoms with E-state index in [0.717, 1.165) is 35.3 Å². The minimum absolute atomic E-state index is 0.260. The van der Waals surface area contributed by atoms with Crippen LogP contribution in [0.4, 0.5) is 18.9 Å². The average molecular weight is 466 g/mol. The third-order valence-corrected chi connectivity index (χ3v) is 6.57. The number of para-hydroxylation sites is 1. The van der Waals surface area contributed by atoms with Gasteiger partial charge in [0, 0.05) is 24.0 Å². The van der Waals surface area contributed by atoms with Crippen molar-refractivity contribution in [2.45, 2.75) is 57.4 Å². The van der Waals surface area contributed by atoms with Crippen LogP contribution in [-0.4, -0.2) is 30.4 Å². The van der Waals surface area contributed by atoms with E-state index in [1.54, 1.807) is 12.1 Å². The molecule has 3 rings (SSSR count). The number of nitrogens with one attached hydrogen (secondary N) is 1. The molecule has 0 radical (unpaired) electrons. The van der Waals surface area contributed by atoms with Crippen LogP contribution in [0.3, 0.4) is 0 Å². The molecule has 0 aliphatic carbocycles. The molecule has 0 aliphatic rings. The Bertz CT molecular complexity index is 1180. The smallest absolute Gasteiger partial charge is 0.293 e. The maximum absolute atomic E-state index is 12.8. The van der Waals surface area contributed by atoms with E-state index >= 15 is 0 Å². The van der Waals surface area contributed by atoms with Gasteiger partial charge < -0.3 is 0 Å². The number of pyridine rings is 1. The second-order valence-electron chi connectivity index (χ2n) is 8.17. The van der Waals surface area contributed by atoms with E-state index in [1.807, 2.05) is 18.2 Å². The van der Waals surface area contributed by atoms with Gasteiger partial charge in [0.1, 0.15) is 0 Å². The van der Waals surface area contributed by atoms with Gasteiger partial charge in [0.05, 0.1) is 27.4 Å². The second-order valence-corrected chi connectivity index (χ2v) is 9.85. The maximum Gasteiger partial charge on any atom is 0.416 e. The van der Waals surface area contributed by atoms with Gasteiger partial charge in [0.2, 0.25) is 0 Å². The summed E-state index contributed by atoms with van der Waals surface area (Å²) in [5, 5.41) is 0.752. The van der Waals surface area contributed by atoms with E-state index in [1.165, 1.54) is 0 Å². The quantitative estimate of drug-likeness (QED) is 0.488. The van der Waals surface area contributed by atoms with Crippen molar-refractivity contribution in [2.75, 3.05) is 4.72 Å². The lowest BCUT2D eigenvalue weighted by Crippen LogP contribution is -2.36. The van der Waals surface area contributed by atoms with E-state index in [-0.39, 0.29) is 10.6 Å². The van der Waals surface area contributed by atoms with E-state index in [0.29, 0.717) is 24.1 Å². The van der Waals surface area contributed by atoms with Crippen LogP contribution in [0.15, 0.2) is 59.5 Å². The highest BCUT2D eigenvalue weighted by Crippen LogP contribution is 2.30. The molecule has 0 amide bonds. The molecule has 0 spiro atoms. The topological polar surface area (TPSA) is 62.3 Å². The van der Waals surface area contributed by atoms with Crippen molar-refractivity contribution in [2.24, 2.45) is 0 Å². The first kappa shape index (κ1) is 24.0. The van der Waals surface area contributed by atoms with Gasteiger partial charge in [-0.3, -0.25) is 9.62 Å². The van der Waals surface area contributed by atoms with Crippen LogP contribution in [-0.2, 0) is 22.7 Å². The summed E-state index contributed by atoms with van der Waals surface area (Å²) in [7, 11) is -4.10. The number of fused-ring (bicyclic) bond motifs is 1. The van der Waals surface area contributed by atoms with Crippen LogP contribution >= 0.6 is 0 Å². The lowest BCUT2D eigenvalue weighted by Gasteiger charge is -2.30.